The molecule has 3 rings (SSSR count). The van der Waals surface area contributed by atoms with E-state index in [-0.39, 0.29) is 5.41 Å². The molecule has 20 heavy (non-hydrogen) atoms. The molecule has 0 atom stereocenters. The van der Waals surface area contributed by atoms with E-state index in [1.165, 1.54) is 5.56 Å². The van der Waals surface area contributed by atoms with E-state index in [9.17, 15) is 0 Å². The molecule has 2 radical (unpaired) electrons. The molecule has 1 aromatic heterocycles. The van der Waals surface area contributed by atoms with Crippen LogP contribution in [0.4, 0.5) is 0 Å². The molecule has 2 nitrogen and oxygen atoms in total. The zero-order valence-corrected chi connectivity index (χ0v) is 12.1. The van der Waals surface area contributed by atoms with Crippen LogP contribution >= 0.6 is 0 Å². The van der Waals surface area contributed by atoms with E-state index >= 15 is 0 Å². The molecule has 0 bridgehead atoms. The van der Waals surface area contributed by atoms with Crippen molar-refractivity contribution in [3.63, 3.8) is 0 Å². The van der Waals surface area contributed by atoms with Crippen LogP contribution in [0.5, 0.6) is 0 Å². The van der Waals surface area contributed by atoms with Gasteiger partial charge in [0.2, 0.25) is 0 Å². The Hall–Kier alpha value is -2.03. The van der Waals surface area contributed by atoms with Crippen LogP contribution < -0.4 is 5.46 Å². The largest absolute Gasteiger partial charge is 0.299 e. The fraction of sp³-hybridized carbons (Fsp3) is 0.235. The van der Waals surface area contributed by atoms with Gasteiger partial charge in [0, 0.05) is 5.69 Å². The number of nitrogens with zero attached hydrogens (tertiary/aromatic N) is 2. The van der Waals surface area contributed by atoms with Gasteiger partial charge in [-0.2, -0.15) is 0 Å². The summed E-state index contributed by atoms with van der Waals surface area (Å²) >= 11 is 0. The molecule has 0 unspecified atom stereocenters. The van der Waals surface area contributed by atoms with Gasteiger partial charge >= 0.3 is 0 Å². The van der Waals surface area contributed by atoms with E-state index < -0.39 is 0 Å². The van der Waals surface area contributed by atoms with E-state index in [1.54, 1.807) is 0 Å². The number of hydrogen-bond donors (Lipinski definition) is 0. The van der Waals surface area contributed by atoms with Gasteiger partial charge in [-0.3, -0.25) is 4.57 Å². The third kappa shape index (κ3) is 2.24. The van der Waals surface area contributed by atoms with Crippen molar-refractivity contribution in [3.8, 4) is 5.69 Å². The summed E-state index contributed by atoms with van der Waals surface area (Å²) in [5.74, 6) is 0. The lowest BCUT2D eigenvalue weighted by Crippen LogP contribution is -2.16. The Bertz CT molecular complexity index is 766. The number of para-hydroxylation sites is 2. The predicted octanol–water partition coefficient (Wildman–Crippen LogP) is 3.12. The molecule has 0 aliphatic heterocycles. The maximum absolute atomic E-state index is 6.07. The number of rotatable bonds is 1. The fourth-order valence-electron chi connectivity index (χ4n) is 2.37. The Morgan fingerprint density at radius 1 is 1.05 bits per heavy atom. The van der Waals surface area contributed by atoms with Crippen LogP contribution in [0.25, 0.3) is 16.7 Å². The minimum atomic E-state index is 0.0700. The van der Waals surface area contributed by atoms with Crippen molar-refractivity contribution in [2.45, 2.75) is 26.2 Å². The predicted molar refractivity (Wildman–Crippen MR) is 85.2 cm³/mol. The van der Waals surface area contributed by atoms with Gasteiger partial charge in [-0.05, 0) is 35.2 Å². The van der Waals surface area contributed by atoms with Gasteiger partial charge in [0.15, 0.2) is 0 Å². The van der Waals surface area contributed by atoms with Crippen LogP contribution in [-0.2, 0) is 5.41 Å². The van der Waals surface area contributed by atoms with Crippen molar-refractivity contribution in [2.75, 3.05) is 0 Å². The van der Waals surface area contributed by atoms with Crippen molar-refractivity contribution in [1.82, 2.24) is 9.55 Å². The Morgan fingerprint density at radius 3 is 2.55 bits per heavy atom. The molecule has 3 aromatic rings. The Kier molecular flexibility index (Phi) is 2.93. The summed E-state index contributed by atoms with van der Waals surface area (Å²) in [6.07, 6.45) is 1.85. The lowest BCUT2D eigenvalue weighted by Gasteiger charge is -2.21. The van der Waals surface area contributed by atoms with Crippen LogP contribution in [-0.4, -0.2) is 17.4 Å². The van der Waals surface area contributed by atoms with Gasteiger partial charge in [-0.1, -0.05) is 44.4 Å². The summed E-state index contributed by atoms with van der Waals surface area (Å²) < 4.78 is 2.08. The number of hydrogen-bond acceptors (Lipinski definition) is 1. The molecule has 3 heteroatoms. The quantitative estimate of drug-likeness (QED) is 0.615. The molecule has 0 saturated carbocycles. The van der Waals surface area contributed by atoms with E-state index in [1.807, 2.05) is 36.7 Å². The second-order valence-corrected chi connectivity index (χ2v) is 6.17. The maximum Gasteiger partial charge on any atom is 0.113 e. The third-order valence-corrected chi connectivity index (χ3v) is 3.54. The monoisotopic (exact) mass is 260 g/mol. The molecule has 2 aromatic carbocycles. The molecular formula is C17H17BN2. The molecule has 0 aliphatic carbocycles. The van der Waals surface area contributed by atoms with Crippen LogP contribution in [0.2, 0.25) is 0 Å². The van der Waals surface area contributed by atoms with Crippen LogP contribution in [0.15, 0.2) is 48.8 Å². The minimum absolute atomic E-state index is 0.0700. The van der Waals surface area contributed by atoms with Crippen molar-refractivity contribution < 1.29 is 0 Å². The highest BCUT2D eigenvalue weighted by molar-refractivity contribution is 6.32. The highest BCUT2D eigenvalue weighted by Gasteiger charge is 2.15. The van der Waals surface area contributed by atoms with Crippen LogP contribution in [0.1, 0.15) is 26.3 Å². The Morgan fingerprint density at radius 2 is 1.80 bits per heavy atom. The normalized spacial score (nSPS) is 11.9. The first-order valence-corrected chi connectivity index (χ1v) is 6.79. The summed E-state index contributed by atoms with van der Waals surface area (Å²) in [7, 11) is 6.07. The molecule has 98 valence electrons. The summed E-state index contributed by atoms with van der Waals surface area (Å²) in [6.45, 7) is 6.58. The lowest BCUT2D eigenvalue weighted by molar-refractivity contribution is 0.590. The fourth-order valence-corrected chi connectivity index (χ4v) is 2.37. The number of fused-ring (bicyclic) bond motifs is 1. The molecule has 0 spiro atoms. The van der Waals surface area contributed by atoms with E-state index in [0.717, 1.165) is 22.2 Å². The minimum Gasteiger partial charge on any atom is -0.299 e. The van der Waals surface area contributed by atoms with Crippen LogP contribution in [0.3, 0.4) is 0 Å². The Balaban J connectivity index is 2.22. The van der Waals surface area contributed by atoms with Gasteiger partial charge in [0.1, 0.15) is 14.2 Å². The first-order valence-electron chi connectivity index (χ1n) is 6.79. The second kappa shape index (κ2) is 4.52. The molecule has 0 amide bonds. The second-order valence-electron chi connectivity index (χ2n) is 6.17. The summed E-state index contributed by atoms with van der Waals surface area (Å²) in [5, 5.41) is 0. The van der Waals surface area contributed by atoms with Gasteiger partial charge in [-0.25, -0.2) is 4.98 Å². The first-order chi connectivity index (χ1) is 9.45. The molecular weight excluding hydrogens is 243 g/mol. The zero-order chi connectivity index (χ0) is 14.3. The molecule has 0 fully saturated rings. The Labute approximate surface area is 120 Å². The molecule has 0 N–H and O–H groups in total. The van der Waals surface area contributed by atoms with Gasteiger partial charge in [-0.15, -0.1) is 0 Å². The first kappa shape index (κ1) is 13.0. The van der Waals surface area contributed by atoms with E-state index in [4.69, 9.17) is 7.85 Å². The van der Waals surface area contributed by atoms with Gasteiger partial charge < -0.3 is 0 Å². The van der Waals surface area contributed by atoms with Crippen molar-refractivity contribution >= 4 is 24.3 Å². The average Bonchev–Trinajstić information content (AvgIpc) is 2.80. The van der Waals surface area contributed by atoms with Gasteiger partial charge in [0.25, 0.3) is 0 Å². The average molecular weight is 260 g/mol. The summed E-state index contributed by atoms with van der Waals surface area (Å²) in [5.41, 5.74) is 5.23. The SMILES string of the molecule is [B]c1cc(-n2cnc3ccccc32)cc(C(C)(C)C)c1. The smallest absolute Gasteiger partial charge is 0.113 e. The zero-order valence-electron chi connectivity index (χ0n) is 12.1. The van der Waals surface area contributed by atoms with Crippen molar-refractivity contribution in [1.29, 1.82) is 0 Å². The summed E-state index contributed by atoms with van der Waals surface area (Å²) in [4.78, 5) is 4.44. The van der Waals surface area contributed by atoms with E-state index in [2.05, 4.69) is 42.5 Å². The van der Waals surface area contributed by atoms with Crippen molar-refractivity contribution in [3.05, 3.63) is 54.4 Å². The number of benzene rings is 2. The number of aromatic nitrogens is 2. The molecule has 1 heterocycles. The lowest BCUT2D eigenvalue weighted by atomic mass is 9.82. The third-order valence-electron chi connectivity index (χ3n) is 3.54. The standard InChI is InChI=1S/C17H17BN2/c1-17(2,3)12-8-13(18)10-14(9-12)20-11-19-15-6-4-5-7-16(15)20/h4-11H,1-3H3. The van der Waals surface area contributed by atoms with Crippen molar-refractivity contribution in [2.24, 2.45) is 0 Å². The highest BCUT2D eigenvalue weighted by atomic mass is 15.0. The molecule has 0 aliphatic rings. The maximum atomic E-state index is 6.07. The highest BCUT2D eigenvalue weighted by Crippen LogP contribution is 2.25. The summed E-state index contributed by atoms with van der Waals surface area (Å²) in [6, 6.07) is 14.3. The topological polar surface area (TPSA) is 17.8 Å². The van der Waals surface area contributed by atoms with Gasteiger partial charge in [0.05, 0.1) is 11.0 Å². The van der Waals surface area contributed by atoms with Crippen LogP contribution in [0, 0.1) is 0 Å². The number of imidazole rings is 1. The molecule has 0 saturated heterocycles. The van der Waals surface area contributed by atoms with E-state index in [0.29, 0.717) is 0 Å².